The lowest BCUT2D eigenvalue weighted by Gasteiger charge is -2.35. The maximum atomic E-state index is 13.0. The van der Waals surface area contributed by atoms with E-state index < -0.39 is 11.5 Å². The minimum absolute atomic E-state index is 0.104. The van der Waals surface area contributed by atoms with Crippen LogP contribution in [0.15, 0.2) is 35.1 Å². The van der Waals surface area contributed by atoms with Crippen molar-refractivity contribution in [1.82, 2.24) is 14.5 Å². The Morgan fingerprint density at radius 1 is 1.22 bits per heavy atom. The number of thiophene rings is 1. The molecule has 1 aliphatic heterocycles. The molecule has 0 atom stereocenters. The van der Waals surface area contributed by atoms with Crippen LogP contribution in [0.2, 0.25) is 0 Å². The first-order chi connectivity index (χ1) is 15.2. The highest BCUT2D eigenvalue weighted by Crippen LogP contribution is 2.29. The van der Waals surface area contributed by atoms with E-state index in [0.717, 1.165) is 35.6 Å². The van der Waals surface area contributed by atoms with Crippen molar-refractivity contribution in [2.75, 3.05) is 6.61 Å². The van der Waals surface area contributed by atoms with Gasteiger partial charge in [0, 0.05) is 25.0 Å². The Balaban J connectivity index is 1.52. The third kappa shape index (κ3) is 4.19. The van der Waals surface area contributed by atoms with E-state index in [1.807, 2.05) is 51.1 Å². The number of aromatic nitrogens is 2. The molecule has 1 amide bonds. The number of carbonyl (C=O) groups excluding carboxylic acids is 2. The van der Waals surface area contributed by atoms with Gasteiger partial charge < -0.3 is 9.64 Å². The summed E-state index contributed by atoms with van der Waals surface area (Å²) < 4.78 is 7.08. The molecule has 0 N–H and O–H groups in total. The molecular weight excluding hydrogens is 426 g/mol. The number of carbonyl (C=O) groups is 2. The fourth-order valence-electron chi connectivity index (χ4n) is 4.01. The summed E-state index contributed by atoms with van der Waals surface area (Å²) in [6.07, 6.45) is 1.67. The van der Waals surface area contributed by atoms with E-state index in [1.165, 1.54) is 0 Å². The van der Waals surface area contributed by atoms with Crippen LogP contribution in [0.4, 0.5) is 0 Å². The first-order valence-electron chi connectivity index (χ1n) is 10.7. The lowest BCUT2D eigenvalue weighted by atomic mass is 10.0. The Morgan fingerprint density at radius 3 is 2.62 bits per heavy atom. The summed E-state index contributed by atoms with van der Waals surface area (Å²) in [7, 11) is 0. The zero-order chi connectivity index (χ0) is 23.0. The summed E-state index contributed by atoms with van der Waals surface area (Å²) in [6, 6.07) is 9.70. The fraction of sp³-hybridized carbons (Fsp3) is 0.417. The standard InChI is InChI=1S/C24H27N3O4S/c1-15-19-21(25-17-11-8-12-26(17)22(19)29)32-20(15)23(30)31-14-18(28)27(24(2,3)4)13-16-9-6-5-7-10-16/h5-7,9-10H,8,11-14H2,1-4H3. The molecule has 0 saturated carbocycles. The van der Waals surface area contributed by atoms with Gasteiger partial charge in [0.2, 0.25) is 0 Å². The predicted molar refractivity (Wildman–Crippen MR) is 124 cm³/mol. The molecule has 0 bridgehead atoms. The molecule has 0 unspecified atom stereocenters. The number of amides is 1. The third-order valence-corrected chi connectivity index (χ3v) is 6.88. The Morgan fingerprint density at radius 2 is 1.94 bits per heavy atom. The van der Waals surface area contributed by atoms with Crippen molar-refractivity contribution in [2.24, 2.45) is 0 Å². The monoisotopic (exact) mass is 453 g/mol. The van der Waals surface area contributed by atoms with E-state index in [4.69, 9.17) is 4.74 Å². The Labute approximate surface area is 190 Å². The molecule has 0 spiro atoms. The molecule has 168 valence electrons. The van der Waals surface area contributed by atoms with Gasteiger partial charge in [0.25, 0.3) is 11.5 Å². The third-order valence-electron chi connectivity index (χ3n) is 5.72. The first kappa shape index (κ1) is 22.2. The second-order valence-electron chi connectivity index (χ2n) is 9.04. The van der Waals surface area contributed by atoms with Crippen molar-refractivity contribution in [3.05, 3.63) is 62.5 Å². The number of ether oxygens (including phenoxy) is 1. The molecule has 4 rings (SSSR count). The second kappa shape index (κ2) is 8.50. The molecule has 0 saturated heterocycles. The number of rotatable bonds is 5. The van der Waals surface area contributed by atoms with Gasteiger partial charge in [0.15, 0.2) is 6.61 Å². The van der Waals surface area contributed by atoms with Gasteiger partial charge in [-0.2, -0.15) is 0 Å². The van der Waals surface area contributed by atoms with Crippen molar-refractivity contribution in [2.45, 2.75) is 59.2 Å². The number of hydrogen-bond donors (Lipinski definition) is 0. The maximum Gasteiger partial charge on any atom is 0.349 e. The smallest absolute Gasteiger partial charge is 0.349 e. The van der Waals surface area contributed by atoms with Gasteiger partial charge in [-0.25, -0.2) is 9.78 Å². The summed E-state index contributed by atoms with van der Waals surface area (Å²) >= 11 is 1.16. The lowest BCUT2D eigenvalue weighted by molar-refractivity contribution is -0.140. The van der Waals surface area contributed by atoms with Crippen molar-refractivity contribution >= 4 is 33.4 Å². The molecular formula is C24H27N3O4S. The van der Waals surface area contributed by atoms with Crippen LogP contribution in [0.5, 0.6) is 0 Å². The number of esters is 1. The van der Waals surface area contributed by atoms with E-state index >= 15 is 0 Å². The van der Waals surface area contributed by atoms with Crippen molar-refractivity contribution in [3.63, 3.8) is 0 Å². The Kier molecular flexibility index (Phi) is 5.90. The van der Waals surface area contributed by atoms with Gasteiger partial charge in [-0.15, -0.1) is 11.3 Å². The van der Waals surface area contributed by atoms with Gasteiger partial charge in [-0.05, 0) is 45.2 Å². The Hall–Kier alpha value is -3.00. The first-order valence-corrected chi connectivity index (χ1v) is 11.5. The normalized spacial score (nSPS) is 13.2. The lowest BCUT2D eigenvalue weighted by Crippen LogP contribution is -2.46. The summed E-state index contributed by atoms with van der Waals surface area (Å²) in [6.45, 7) is 8.30. The summed E-state index contributed by atoms with van der Waals surface area (Å²) in [5, 5.41) is 0.472. The van der Waals surface area contributed by atoms with E-state index in [0.29, 0.717) is 33.7 Å². The highest BCUT2D eigenvalue weighted by molar-refractivity contribution is 7.20. The maximum absolute atomic E-state index is 13.0. The zero-order valence-electron chi connectivity index (χ0n) is 18.8. The van der Waals surface area contributed by atoms with Gasteiger partial charge >= 0.3 is 5.97 Å². The van der Waals surface area contributed by atoms with Crippen LogP contribution in [0.3, 0.4) is 0 Å². The molecule has 7 nitrogen and oxygen atoms in total. The van der Waals surface area contributed by atoms with Gasteiger partial charge in [-0.3, -0.25) is 14.2 Å². The summed E-state index contributed by atoms with van der Waals surface area (Å²) in [4.78, 5) is 45.8. The minimum atomic E-state index is -0.600. The fourth-order valence-corrected chi connectivity index (χ4v) is 5.09. The average Bonchev–Trinajstić information content (AvgIpc) is 3.35. The van der Waals surface area contributed by atoms with Gasteiger partial charge in [0.05, 0.1) is 5.39 Å². The topological polar surface area (TPSA) is 81.5 Å². The highest BCUT2D eigenvalue weighted by Gasteiger charge is 2.29. The predicted octanol–water partition coefficient (Wildman–Crippen LogP) is 3.70. The molecule has 32 heavy (non-hydrogen) atoms. The minimum Gasteiger partial charge on any atom is -0.451 e. The van der Waals surface area contributed by atoms with Crippen molar-refractivity contribution < 1.29 is 14.3 Å². The molecule has 2 aromatic heterocycles. The van der Waals surface area contributed by atoms with Gasteiger partial charge in [-0.1, -0.05) is 30.3 Å². The highest BCUT2D eigenvalue weighted by atomic mass is 32.1. The van der Waals surface area contributed by atoms with Crippen LogP contribution in [0.25, 0.3) is 10.2 Å². The van der Waals surface area contributed by atoms with Gasteiger partial charge in [0.1, 0.15) is 15.5 Å². The van der Waals surface area contributed by atoms with Crippen LogP contribution >= 0.6 is 11.3 Å². The molecule has 1 aliphatic rings. The summed E-state index contributed by atoms with van der Waals surface area (Å²) in [5.74, 6) is -0.108. The molecule has 1 aromatic carbocycles. The second-order valence-corrected chi connectivity index (χ2v) is 10.0. The van der Waals surface area contributed by atoms with E-state index in [9.17, 15) is 14.4 Å². The van der Waals surface area contributed by atoms with E-state index in [-0.39, 0.29) is 18.1 Å². The number of aryl methyl sites for hydroxylation is 2. The number of benzene rings is 1. The molecule has 3 heterocycles. The van der Waals surface area contributed by atoms with Crippen LogP contribution in [-0.4, -0.2) is 38.5 Å². The average molecular weight is 454 g/mol. The number of hydrogen-bond acceptors (Lipinski definition) is 6. The summed E-state index contributed by atoms with van der Waals surface area (Å²) in [5.41, 5.74) is 1.03. The van der Waals surface area contributed by atoms with Crippen LogP contribution < -0.4 is 5.56 Å². The molecule has 0 aliphatic carbocycles. The van der Waals surface area contributed by atoms with E-state index in [2.05, 4.69) is 4.98 Å². The zero-order valence-corrected chi connectivity index (χ0v) is 19.6. The van der Waals surface area contributed by atoms with Crippen LogP contribution in [0.1, 0.15) is 53.8 Å². The number of fused-ring (bicyclic) bond motifs is 2. The van der Waals surface area contributed by atoms with Crippen LogP contribution in [-0.2, 0) is 29.0 Å². The number of nitrogens with zero attached hydrogens (tertiary/aromatic N) is 3. The largest absolute Gasteiger partial charge is 0.451 e. The SMILES string of the molecule is Cc1c(C(=O)OCC(=O)N(Cc2ccccc2)C(C)(C)C)sc2nc3n(c(=O)c12)CCC3. The van der Waals surface area contributed by atoms with Crippen molar-refractivity contribution in [1.29, 1.82) is 0 Å². The Bertz CT molecular complexity index is 1240. The van der Waals surface area contributed by atoms with Crippen molar-refractivity contribution in [3.8, 4) is 0 Å². The van der Waals surface area contributed by atoms with E-state index in [1.54, 1.807) is 16.4 Å². The molecule has 8 heteroatoms. The quantitative estimate of drug-likeness (QED) is 0.550. The molecule has 0 radical (unpaired) electrons. The van der Waals surface area contributed by atoms with Crippen LogP contribution in [0, 0.1) is 6.92 Å². The molecule has 3 aromatic rings. The molecule has 0 fully saturated rings.